The van der Waals surface area contributed by atoms with Crippen LogP contribution in [0.1, 0.15) is 37.3 Å². The second kappa shape index (κ2) is 6.78. The summed E-state index contributed by atoms with van der Waals surface area (Å²) in [6.45, 7) is 5.62. The van der Waals surface area contributed by atoms with Crippen LogP contribution >= 0.6 is 0 Å². The maximum absolute atomic E-state index is 12.8. The lowest BCUT2D eigenvalue weighted by Gasteiger charge is -2.27. The molecule has 1 aliphatic rings. The summed E-state index contributed by atoms with van der Waals surface area (Å²) in [6.07, 6.45) is 0.505. The van der Waals surface area contributed by atoms with Crippen LogP contribution in [0.5, 0.6) is 0 Å². The predicted octanol–water partition coefficient (Wildman–Crippen LogP) is 3.31. The van der Waals surface area contributed by atoms with Crippen LogP contribution in [0.4, 0.5) is 0 Å². The van der Waals surface area contributed by atoms with Crippen LogP contribution < -0.4 is 5.73 Å². The second-order valence-corrected chi connectivity index (χ2v) is 7.41. The van der Waals surface area contributed by atoms with Crippen molar-refractivity contribution in [1.82, 2.24) is 4.90 Å². The number of carbonyl (C=O) groups excluding carboxylic acids is 1. The van der Waals surface area contributed by atoms with Crippen LogP contribution in [0.3, 0.4) is 0 Å². The van der Waals surface area contributed by atoms with Crippen LogP contribution in [-0.4, -0.2) is 29.9 Å². The van der Waals surface area contributed by atoms with E-state index >= 15 is 0 Å². The van der Waals surface area contributed by atoms with Crippen molar-refractivity contribution in [2.75, 3.05) is 13.1 Å². The van der Waals surface area contributed by atoms with Crippen molar-refractivity contribution in [3.05, 3.63) is 71.8 Å². The van der Waals surface area contributed by atoms with Crippen LogP contribution in [0, 0.1) is 0 Å². The van der Waals surface area contributed by atoms with E-state index in [1.807, 2.05) is 41.3 Å². The van der Waals surface area contributed by atoms with Crippen LogP contribution in [0.25, 0.3) is 0 Å². The fourth-order valence-electron chi connectivity index (χ4n) is 3.57. The Morgan fingerprint density at radius 3 is 2.25 bits per heavy atom. The highest BCUT2D eigenvalue weighted by Crippen LogP contribution is 2.31. The first-order valence-electron chi connectivity index (χ1n) is 8.61. The molecule has 3 rings (SSSR count). The maximum atomic E-state index is 12.8. The van der Waals surface area contributed by atoms with Gasteiger partial charge in [0.2, 0.25) is 5.91 Å². The van der Waals surface area contributed by atoms with Crippen LogP contribution in [-0.2, 0) is 10.2 Å². The van der Waals surface area contributed by atoms with Crippen molar-refractivity contribution in [3.63, 3.8) is 0 Å². The molecule has 3 nitrogen and oxygen atoms in total. The van der Waals surface area contributed by atoms with E-state index in [4.69, 9.17) is 5.73 Å². The zero-order chi connectivity index (χ0) is 17.2. The summed E-state index contributed by atoms with van der Waals surface area (Å²) in [5.41, 5.74) is 8.57. The molecular formula is C21H26N2O. The average molecular weight is 322 g/mol. The predicted molar refractivity (Wildman–Crippen MR) is 97.8 cm³/mol. The number of hydrogen-bond donors (Lipinski definition) is 1. The maximum Gasteiger partial charge on any atom is 0.223 e. The van der Waals surface area contributed by atoms with Gasteiger partial charge in [0.15, 0.2) is 0 Å². The second-order valence-electron chi connectivity index (χ2n) is 7.41. The highest BCUT2D eigenvalue weighted by molar-refractivity contribution is 5.78. The molecule has 2 aromatic carbocycles. The Hall–Kier alpha value is -2.13. The van der Waals surface area contributed by atoms with E-state index in [1.165, 1.54) is 11.1 Å². The smallest absolute Gasteiger partial charge is 0.223 e. The first-order chi connectivity index (χ1) is 11.5. The topological polar surface area (TPSA) is 46.3 Å². The highest BCUT2D eigenvalue weighted by Gasteiger charge is 2.35. The van der Waals surface area contributed by atoms with E-state index in [9.17, 15) is 4.79 Å². The van der Waals surface area contributed by atoms with E-state index in [0.29, 0.717) is 13.0 Å². The number of likely N-dealkylation sites (tertiary alicyclic amines) is 1. The number of amides is 1. The zero-order valence-corrected chi connectivity index (χ0v) is 14.5. The minimum absolute atomic E-state index is 0.0104. The number of nitrogens with two attached hydrogens (primary N) is 1. The van der Waals surface area contributed by atoms with Crippen molar-refractivity contribution >= 4 is 5.91 Å². The van der Waals surface area contributed by atoms with Crippen molar-refractivity contribution in [2.24, 2.45) is 5.73 Å². The molecule has 0 aromatic heterocycles. The lowest BCUT2D eigenvalue weighted by molar-refractivity contribution is -0.131. The van der Waals surface area contributed by atoms with Gasteiger partial charge in [-0.25, -0.2) is 0 Å². The molecule has 2 atom stereocenters. The summed E-state index contributed by atoms with van der Waals surface area (Å²) >= 11 is 0. The standard InChI is InChI=1S/C21H26N2O/c1-21(2,17-11-7-4-8-12-17)13-20(24)23-14-18(19(22)15-23)16-9-5-3-6-10-16/h3-12,18-19H,13-15,22H2,1-2H3/t18-,19+/m0/s1. The van der Waals surface area contributed by atoms with Crippen molar-refractivity contribution < 1.29 is 4.79 Å². The van der Waals surface area contributed by atoms with Crippen molar-refractivity contribution in [2.45, 2.75) is 37.6 Å². The number of hydrogen-bond acceptors (Lipinski definition) is 2. The van der Waals surface area contributed by atoms with Gasteiger partial charge in [-0.1, -0.05) is 74.5 Å². The molecule has 0 spiro atoms. The van der Waals surface area contributed by atoms with E-state index in [2.05, 4.69) is 38.1 Å². The summed E-state index contributed by atoms with van der Waals surface area (Å²) in [4.78, 5) is 14.8. The third-order valence-electron chi connectivity index (χ3n) is 5.09. The molecule has 2 aromatic rings. The van der Waals surface area contributed by atoms with Gasteiger partial charge >= 0.3 is 0 Å². The number of carbonyl (C=O) groups is 1. The minimum Gasteiger partial charge on any atom is -0.340 e. The lowest BCUT2D eigenvalue weighted by Crippen LogP contribution is -2.35. The van der Waals surface area contributed by atoms with Gasteiger partial charge in [-0.15, -0.1) is 0 Å². The Balaban J connectivity index is 1.68. The van der Waals surface area contributed by atoms with Gasteiger partial charge < -0.3 is 10.6 Å². The zero-order valence-electron chi connectivity index (χ0n) is 14.5. The fraction of sp³-hybridized carbons (Fsp3) is 0.381. The van der Waals surface area contributed by atoms with Gasteiger partial charge in [0.05, 0.1) is 0 Å². The van der Waals surface area contributed by atoms with Gasteiger partial charge in [0.25, 0.3) is 0 Å². The molecule has 1 heterocycles. The largest absolute Gasteiger partial charge is 0.340 e. The Morgan fingerprint density at radius 2 is 1.62 bits per heavy atom. The summed E-state index contributed by atoms with van der Waals surface area (Å²) in [5.74, 6) is 0.424. The molecule has 1 saturated heterocycles. The molecule has 24 heavy (non-hydrogen) atoms. The molecule has 2 N–H and O–H groups in total. The Kier molecular flexibility index (Phi) is 4.72. The molecule has 0 bridgehead atoms. The molecule has 0 radical (unpaired) electrons. The highest BCUT2D eigenvalue weighted by atomic mass is 16.2. The first-order valence-corrected chi connectivity index (χ1v) is 8.61. The Labute approximate surface area is 144 Å². The number of nitrogens with zero attached hydrogens (tertiary/aromatic N) is 1. The Bertz CT molecular complexity index is 681. The van der Waals surface area contributed by atoms with E-state index in [1.54, 1.807) is 0 Å². The summed E-state index contributed by atoms with van der Waals surface area (Å²) in [6, 6.07) is 20.5. The first kappa shape index (κ1) is 16.7. The summed E-state index contributed by atoms with van der Waals surface area (Å²) in [5, 5.41) is 0. The third-order valence-corrected chi connectivity index (χ3v) is 5.09. The molecule has 1 fully saturated rings. The molecule has 126 valence electrons. The molecule has 0 unspecified atom stereocenters. The molecule has 0 aliphatic carbocycles. The fourth-order valence-corrected chi connectivity index (χ4v) is 3.57. The molecule has 1 aliphatic heterocycles. The summed E-state index contributed by atoms with van der Waals surface area (Å²) < 4.78 is 0. The molecule has 1 amide bonds. The van der Waals surface area contributed by atoms with Crippen LogP contribution in [0.2, 0.25) is 0 Å². The minimum atomic E-state index is -0.173. The van der Waals surface area contributed by atoms with E-state index in [-0.39, 0.29) is 23.3 Å². The van der Waals surface area contributed by atoms with Crippen molar-refractivity contribution in [1.29, 1.82) is 0 Å². The van der Waals surface area contributed by atoms with Gasteiger partial charge in [0.1, 0.15) is 0 Å². The SMILES string of the molecule is CC(C)(CC(=O)N1C[C@@H](N)[C@H](c2ccccc2)C1)c1ccccc1. The van der Waals surface area contributed by atoms with Crippen molar-refractivity contribution in [3.8, 4) is 0 Å². The third kappa shape index (κ3) is 3.51. The number of benzene rings is 2. The number of rotatable bonds is 4. The summed E-state index contributed by atoms with van der Waals surface area (Å²) in [7, 11) is 0. The molecular weight excluding hydrogens is 296 g/mol. The lowest BCUT2D eigenvalue weighted by atomic mass is 9.81. The molecule has 0 saturated carbocycles. The monoisotopic (exact) mass is 322 g/mol. The Morgan fingerprint density at radius 1 is 1.04 bits per heavy atom. The normalized spacial score (nSPS) is 21.0. The van der Waals surface area contributed by atoms with E-state index in [0.717, 1.165) is 6.54 Å². The molecule has 3 heteroatoms. The van der Waals surface area contributed by atoms with Gasteiger partial charge in [-0.3, -0.25) is 4.79 Å². The van der Waals surface area contributed by atoms with Gasteiger partial charge in [-0.2, -0.15) is 0 Å². The average Bonchev–Trinajstić information content (AvgIpc) is 2.98. The van der Waals surface area contributed by atoms with E-state index < -0.39 is 0 Å². The van der Waals surface area contributed by atoms with Gasteiger partial charge in [-0.05, 0) is 16.5 Å². The van der Waals surface area contributed by atoms with Crippen LogP contribution in [0.15, 0.2) is 60.7 Å². The quantitative estimate of drug-likeness (QED) is 0.939. The van der Waals surface area contributed by atoms with Gasteiger partial charge in [0, 0.05) is 31.5 Å².